The lowest BCUT2D eigenvalue weighted by molar-refractivity contribution is -0.138. The molecule has 1 heterocycles. The largest absolute Gasteiger partial charge is 0.481 e. The van der Waals surface area contributed by atoms with E-state index in [9.17, 15) is 13.2 Å². The Morgan fingerprint density at radius 3 is 2.30 bits per heavy atom. The summed E-state index contributed by atoms with van der Waals surface area (Å²) in [5.41, 5.74) is -0.289. The van der Waals surface area contributed by atoms with Gasteiger partial charge in [-0.05, 0) is 19.3 Å². The monoisotopic (exact) mass is 304 g/mol. The van der Waals surface area contributed by atoms with E-state index in [2.05, 4.69) is 9.88 Å². The number of hydrogen-bond acceptors (Lipinski definition) is 5. The van der Waals surface area contributed by atoms with Crippen LogP contribution in [0.4, 0.5) is 0 Å². The highest BCUT2D eigenvalue weighted by molar-refractivity contribution is 7.89. The molecule has 0 amide bonds. The number of aryl methyl sites for hydroxylation is 2. The van der Waals surface area contributed by atoms with Crippen molar-refractivity contribution in [3.05, 3.63) is 11.5 Å². The number of rotatable bonds is 5. The number of aromatic nitrogens is 1. The average molecular weight is 304 g/mol. The molecule has 0 bridgehead atoms. The molecule has 0 aromatic carbocycles. The van der Waals surface area contributed by atoms with Crippen LogP contribution in [-0.4, -0.2) is 30.7 Å². The fraction of sp³-hybridized carbons (Fsp3) is 0.667. The van der Waals surface area contributed by atoms with Crippen LogP contribution in [-0.2, 0) is 14.8 Å². The van der Waals surface area contributed by atoms with E-state index in [-0.39, 0.29) is 22.8 Å². The van der Waals surface area contributed by atoms with E-state index in [1.54, 1.807) is 20.8 Å². The van der Waals surface area contributed by atoms with Crippen LogP contribution in [0.15, 0.2) is 9.42 Å². The summed E-state index contributed by atoms with van der Waals surface area (Å²) in [4.78, 5) is 10.9. The highest BCUT2D eigenvalue weighted by Gasteiger charge is 2.34. The molecule has 7 nitrogen and oxygen atoms in total. The first kappa shape index (κ1) is 16.6. The second-order valence-electron chi connectivity index (χ2n) is 5.79. The second-order valence-corrected chi connectivity index (χ2v) is 7.44. The van der Waals surface area contributed by atoms with E-state index in [1.807, 2.05) is 0 Å². The molecule has 1 aromatic rings. The van der Waals surface area contributed by atoms with E-state index in [4.69, 9.17) is 9.63 Å². The molecule has 0 fully saturated rings. The van der Waals surface area contributed by atoms with E-state index in [0.717, 1.165) is 0 Å². The van der Waals surface area contributed by atoms with Gasteiger partial charge < -0.3 is 9.63 Å². The van der Waals surface area contributed by atoms with Crippen molar-refractivity contribution in [1.82, 2.24) is 9.88 Å². The van der Waals surface area contributed by atoms with E-state index < -0.39 is 27.4 Å². The minimum Gasteiger partial charge on any atom is -0.481 e. The number of carbonyl (C=O) groups is 1. The summed E-state index contributed by atoms with van der Waals surface area (Å²) in [6, 6.07) is -0.737. The van der Waals surface area contributed by atoms with Crippen LogP contribution in [0.1, 0.15) is 38.6 Å². The summed E-state index contributed by atoms with van der Waals surface area (Å²) >= 11 is 0. The topological polar surface area (TPSA) is 110 Å². The zero-order valence-electron chi connectivity index (χ0n) is 12.2. The van der Waals surface area contributed by atoms with Gasteiger partial charge in [-0.2, -0.15) is 0 Å². The summed E-state index contributed by atoms with van der Waals surface area (Å²) in [5.74, 6) is -0.885. The van der Waals surface area contributed by atoms with E-state index in [0.29, 0.717) is 0 Å². The predicted octanol–water partition coefficient (Wildman–Crippen LogP) is 1.46. The van der Waals surface area contributed by atoms with Gasteiger partial charge >= 0.3 is 5.97 Å². The fourth-order valence-electron chi connectivity index (χ4n) is 1.80. The number of aliphatic carboxylic acids is 1. The maximum atomic E-state index is 12.4. The van der Waals surface area contributed by atoms with Gasteiger partial charge in [0.25, 0.3) is 0 Å². The zero-order chi connectivity index (χ0) is 15.7. The van der Waals surface area contributed by atoms with Crippen molar-refractivity contribution in [3.8, 4) is 0 Å². The molecule has 1 unspecified atom stereocenters. The Hall–Kier alpha value is -1.41. The Kier molecular flexibility index (Phi) is 4.60. The zero-order valence-corrected chi connectivity index (χ0v) is 13.0. The number of carboxylic acids is 1. The van der Waals surface area contributed by atoms with Crippen LogP contribution in [0.3, 0.4) is 0 Å². The summed E-state index contributed by atoms with van der Waals surface area (Å²) in [7, 11) is -3.88. The van der Waals surface area contributed by atoms with Gasteiger partial charge in [-0.15, -0.1) is 0 Å². The van der Waals surface area contributed by atoms with Gasteiger partial charge in [0.05, 0.1) is 6.42 Å². The smallest absolute Gasteiger partial charge is 0.304 e. The number of nitrogens with zero attached hydrogens (tertiary/aromatic N) is 1. The molecule has 0 aliphatic carbocycles. The highest BCUT2D eigenvalue weighted by Crippen LogP contribution is 2.26. The lowest BCUT2D eigenvalue weighted by Crippen LogP contribution is -2.45. The molecular formula is C12H20N2O5S. The molecule has 0 saturated carbocycles. The van der Waals surface area contributed by atoms with Gasteiger partial charge in [0, 0.05) is 6.04 Å². The average Bonchev–Trinajstić information content (AvgIpc) is 2.55. The van der Waals surface area contributed by atoms with Crippen molar-refractivity contribution < 1.29 is 22.8 Å². The van der Waals surface area contributed by atoms with Gasteiger partial charge in [-0.25, -0.2) is 13.1 Å². The van der Waals surface area contributed by atoms with Crippen LogP contribution in [0.5, 0.6) is 0 Å². The summed E-state index contributed by atoms with van der Waals surface area (Å²) < 4.78 is 32.0. The first-order chi connectivity index (χ1) is 8.95. The molecule has 0 spiro atoms. The second kappa shape index (κ2) is 5.53. The van der Waals surface area contributed by atoms with Crippen molar-refractivity contribution >= 4 is 16.0 Å². The van der Waals surface area contributed by atoms with Crippen LogP contribution in [0.25, 0.3) is 0 Å². The van der Waals surface area contributed by atoms with Gasteiger partial charge in [-0.1, -0.05) is 25.9 Å². The Morgan fingerprint density at radius 1 is 1.40 bits per heavy atom. The maximum absolute atomic E-state index is 12.4. The van der Waals surface area contributed by atoms with Gasteiger partial charge in [-0.3, -0.25) is 4.79 Å². The molecule has 0 radical (unpaired) electrons. The third-order valence-electron chi connectivity index (χ3n) is 2.96. The van der Waals surface area contributed by atoms with Crippen molar-refractivity contribution in [2.75, 3.05) is 0 Å². The van der Waals surface area contributed by atoms with Gasteiger partial charge in [0.15, 0.2) is 5.76 Å². The Balaban J connectivity index is 3.13. The van der Waals surface area contributed by atoms with E-state index >= 15 is 0 Å². The first-order valence-electron chi connectivity index (χ1n) is 6.12. The minimum absolute atomic E-state index is 0.0304. The molecule has 8 heteroatoms. The molecule has 20 heavy (non-hydrogen) atoms. The normalized spacial score (nSPS) is 14.2. The third-order valence-corrected chi connectivity index (χ3v) is 4.67. The lowest BCUT2D eigenvalue weighted by Gasteiger charge is -2.30. The Bertz CT molecular complexity index is 578. The van der Waals surface area contributed by atoms with Crippen molar-refractivity contribution in [2.45, 2.75) is 52.0 Å². The molecule has 0 aliphatic rings. The van der Waals surface area contributed by atoms with Gasteiger partial charge in [0.2, 0.25) is 10.0 Å². The quantitative estimate of drug-likeness (QED) is 0.852. The molecule has 1 aromatic heterocycles. The third kappa shape index (κ3) is 3.80. The summed E-state index contributed by atoms with van der Waals surface area (Å²) in [5, 5.41) is 12.5. The number of sulfonamides is 1. The minimum atomic E-state index is -3.88. The lowest BCUT2D eigenvalue weighted by atomic mass is 9.85. The molecule has 1 rings (SSSR count). The summed E-state index contributed by atoms with van der Waals surface area (Å²) in [6.45, 7) is 8.34. The number of carboxylic acid groups (broad SMARTS) is 1. The maximum Gasteiger partial charge on any atom is 0.304 e. The summed E-state index contributed by atoms with van der Waals surface area (Å²) in [6.07, 6.45) is -0.299. The Labute approximate surface area is 118 Å². The van der Waals surface area contributed by atoms with Gasteiger partial charge in [0.1, 0.15) is 10.6 Å². The first-order valence-corrected chi connectivity index (χ1v) is 7.60. The molecular weight excluding hydrogens is 284 g/mol. The molecule has 0 aliphatic heterocycles. The van der Waals surface area contributed by atoms with Crippen LogP contribution in [0.2, 0.25) is 0 Å². The van der Waals surface area contributed by atoms with Crippen LogP contribution >= 0.6 is 0 Å². The van der Waals surface area contributed by atoms with Crippen molar-refractivity contribution in [3.63, 3.8) is 0 Å². The van der Waals surface area contributed by atoms with Crippen molar-refractivity contribution in [2.24, 2.45) is 5.41 Å². The molecule has 114 valence electrons. The molecule has 0 saturated heterocycles. The molecule has 1 atom stereocenters. The SMILES string of the molecule is Cc1noc(C)c1S(=O)(=O)NC(CC(=O)O)C(C)(C)C. The highest BCUT2D eigenvalue weighted by atomic mass is 32.2. The number of hydrogen-bond donors (Lipinski definition) is 2. The van der Waals surface area contributed by atoms with Crippen LogP contribution in [0, 0.1) is 19.3 Å². The fourth-order valence-corrected chi connectivity index (χ4v) is 3.57. The molecule has 2 N–H and O–H groups in total. The number of nitrogens with one attached hydrogen (secondary N) is 1. The standard InChI is InChI=1S/C12H20N2O5S/c1-7-11(8(2)19-13-7)20(17,18)14-9(6-10(15)16)12(3,4)5/h9,14H,6H2,1-5H3,(H,15,16). The van der Waals surface area contributed by atoms with Crippen LogP contribution < -0.4 is 4.72 Å². The van der Waals surface area contributed by atoms with E-state index in [1.165, 1.54) is 13.8 Å². The predicted molar refractivity (Wildman–Crippen MR) is 71.8 cm³/mol. The van der Waals surface area contributed by atoms with Crippen molar-refractivity contribution in [1.29, 1.82) is 0 Å². The Morgan fingerprint density at radius 2 is 1.95 bits per heavy atom.